The summed E-state index contributed by atoms with van der Waals surface area (Å²) in [6.45, 7) is 4.42. The first-order valence-electron chi connectivity index (χ1n) is 9.78. The van der Waals surface area contributed by atoms with Gasteiger partial charge in [-0.25, -0.2) is 4.98 Å². The van der Waals surface area contributed by atoms with Crippen LogP contribution in [-0.2, 0) is 9.53 Å². The molecule has 6 heteroatoms. The molecule has 2 aliphatic rings. The molecule has 1 aromatic carbocycles. The largest absolute Gasteiger partial charge is 0.378 e. The number of carbonyl (C=O) groups is 1. The molecule has 1 atom stereocenters. The molecular formula is C21H24N4O2. The van der Waals surface area contributed by atoms with Gasteiger partial charge < -0.3 is 18.9 Å². The highest BCUT2D eigenvalue weighted by Crippen LogP contribution is 2.29. The van der Waals surface area contributed by atoms with E-state index in [4.69, 9.17) is 9.72 Å². The molecule has 0 bridgehead atoms. The van der Waals surface area contributed by atoms with Crippen molar-refractivity contribution in [3.8, 4) is 0 Å². The van der Waals surface area contributed by atoms with Crippen molar-refractivity contribution in [2.45, 2.75) is 12.8 Å². The van der Waals surface area contributed by atoms with E-state index in [0.717, 1.165) is 48.3 Å². The van der Waals surface area contributed by atoms with Gasteiger partial charge in [-0.05, 0) is 37.1 Å². The average Bonchev–Trinajstić information content (AvgIpc) is 3.23. The van der Waals surface area contributed by atoms with Gasteiger partial charge in [0, 0.05) is 32.4 Å². The van der Waals surface area contributed by atoms with Gasteiger partial charge in [0.2, 0.25) is 5.91 Å². The number of piperidine rings is 1. The first-order chi connectivity index (χ1) is 13.3. The highest BCUT2D eigenvalue weighted by molar-refractivity contribution is 5.86. The van der Waals surface area contributed by atoms with Crippen LogP contribution in [0.5, 0.6) is 0 Å². The molecule has 3 aromatic rings. The Kier molecular flexibility index (Phi) is 4.20. The van der Waals surface area contributed by atoms with Crippen LogP contribution in [0.4, 0.5) is 5.82 Å². The highest BCUT2D eigenvalue weighted by atomic mass is 16.5. The van der Waals surface area contributed by atoms with Gasteiger partial charge in [-0.15, -0.1) is 0 Å². The summed E-state index contributed by atoms with van der Waals surface area (Å²) in [6.07, 6.45) is 4.06. The third-order valence-corrected chi connectivity index (χ3v) is 5.74. The Bertz CT molecular complexity index is 977. The number of morpholine rings is 1. The van der Waals surface area contributed by atoms with Gasteiger partial charge >= 0.3 is 0 Å². The molecule has 0 saturated carbocycles. The van der Waals surface area contributed by atoms with E-state index in [-0.39, 0.29) is 11.8 Å². The number of carbonyl (C=O) groups excluding carboxylic acids is 1. The summed E-state index contributed by atoms with van der Waals surface area (Å²) in [7, 11) is 0. The lowest BCUT2D eigenvalue weighted by atomic mass is 9.96. The van der Waals surface area contributed by atoms with Crippen LogP contribution in [0.3, 0.4) is 0 Å². The number of anilines is 1. The van der Waals surface area contributed by atoms with E-state index in [9.17, 15) is 4.79 Å². The van der Waals surface area contributed by atoms with E-state index in [2.05, 4.69) is 39.8 Å². The summed E-state index contributed by atoms with van der Waals surface area (Å²) in [5.41, 5.74) is 3.20. The molecule has 6 nitrogen and oxygen atoms in total. The van der Waals surface area contributed by atoms with Crippen LogP contribution in [0, 0.1) is 5.92 Å². The zero-order valence-corrected chi connectivity index (χ0v) is 15.4. The molecule has 2 aromatic heterocycles. The van der Waals surface area contributed by atoms with Crippen LogP contribution in [0.2, 0.25) is 0 Å². The van der Waals surface area contributed by atoms with Crippen molar-refractivity contribution in [2.24, 2.45) is 5.92 Å². The predicted molar refractivity (Wildman–Crippen MR) is 105 cm³/mol. The lowest BCUT2D eigenvalue weighted by molar-refractivity contribution is -0.139. The van der Waals surface area contributed by atoms with E-state index < -0.39 is 0 Å². The Morgan fingerprint density at radius 3 is 2.74 bits per heavy atom. The van der Waals surface area contributed by atoms with Gasteiger partial charge in [0.1, 0.15) is 0 Å². The Morgan fingerprint density at radius 2 is 1.85 bits per heavy atom. The maximum absolute atomic E-state index is 13.0. The van der Waals surface area contributed by atoms with Gasteiger partial charge in [0.15, 0.2) is 5.82 Å². The zero-order valence-electron chi connectivity index (χ0n) is 15.4. The van der Waals surface area contributed by atoms with Crippen LogP contribution >= 0.6 is 0 Å². The Morgan fingerprint density at radius 1 is 1.04 bits per heavy atom. The molecule has 2 fully saturated rings. The number of ether oxygens (including phenoxy) is 1. The second-order valence-corrected chi connectivity index (χ2v) is 7.41. The van der Waals surface area contributed by atoms with E-state index in [1.807, 2.05) is 17.0 Å². The summed E-state index contributed by atoms with van der Waals surface area (Å²) in [5, 5.41) is 0. The second kappa shape index (κ2) is 6.85. The first kappa shape index (κ1) is 16.6. The standard InChI is InChI=1S/C21H24N4O2/c26-21(23-11-13-27-14-12-23)16-5-3-9-24(15-16)20-19-8-4-10-25(19)18-7-2-1-6-17(18)22-20/h1-2,4,6-8,10,16H,3,5,9,11-15H2. The number of nitrogens with zero attached hydrogens (tertiary/aromatic N) is 4. The molecule has 0 N–H and O–H groups in total. The molecule has 0 aliphatic carbocycles. The summed E-state index contributed by atoms with van der Waals surface area (Å²) in [4.78, 5) is 22.2. The van der Waals surface area contributed by atoms with Crippen molar-refractivity contribution < 1.29 is 9.53 Å². The SMILES string of the molecule is O=C(C1CCCN(c2nc3ccccc3n3cccc23)C1)N1CCOCC1. The maximum Gasteiger partial charge on any atom is 0.227 e. The lowest BCUT2D eigenvalue weighted by Crippen LogP contribution is -2.48. The van der Waals surface area contributed by atoms with E-state index in [1.54, 1.807) is 0 Å². The lowest BCUT2D eigenvalue weighted by Gasteiger charge is -2.37. The van der Waals surface area contributed by atoms with Gasteiger partial charge in [0.05, 0.1) is 35.7 Å². The topological polar surface area (TPSA) is 50.1 Å². The molecule has 27 heavy (non-hydrogen) atoms. The number of benzene rings is 1. The summed E-state index contributed by atoms with van der Waals surface area (Å²) < 4.78 is 7.59. The summed E-state index contributed by atoms with van der Waals surface area (Å²) in [5.74, 6) is 1.30. The fraction of sp³-hybridized carbons (Fsp3) is 0.429. The summed E-state index contributed by atoms with van der Waals surface area (Å²) >= 11 is 0. The molecule has 2 saturated heterocycles. The number of fused-ring (bicyclic) bond motifs is 3. The smallest absolute Gasteiger partial charge is 0.227 e. The van der Waals surface area contributed by atoms with Crippen LogP contribution < -0.4 is 4.90 Å². The molecule has 4 heterocycles. The summed E-state index contributed by atoms with van der Waals surface area (Å²) in [6, 6.07) is 12.4. The Hall–Kier alpha value is -2.60. The van der Waals surface area contributed by atoms with E-state index in [1.165, 1.54) is 0 Å². The molecule has 1 amide bonds. The number of hydrogen-bond acceptors (Lipinski definition) is 4. The maximum atomic E-state index is 13.0. The Balaban J connectivity index is 1.47. The quantitative estimate of drug-likeness (QED) is 0.701. The van der Waals surface area contributed by atoms with Gasteiger partial charge in [-0.2, -0.15) is 0 Å². The number of amides is 1. The van der Waals surface area contributed by atoms with Crippen molar-refractivity contribution in [3.63, 3.8) is 0 Å². The third-order valence-electron chi connectivity index (χ3n) is 5.74. The molecule has 140 valence electrons. The number of aromatic nitrogens is 2. The molecule has 2 aliphatic heterocycles. The molecule has 0 spiro atoms. The van der Waals surface area contributed by atoms with Crippen LogP contribution in [0.25, 0.3) is 16.6 Å². The minimum Gasteiger partial charge on any atom is -0.378 e. The van der Waals surface area contributed by atoms with E-state index in [0.29, 0.717) is 26.3 Å². The van der Waals surface area contributed by atoms with Crippen molar-refractivity contribution in [2.75, 3.05) is 44.3 Å². The minimum atomic E-state index is 0.0418. The number of rotatable bonds is 2. The van der Waals surface area contributed by atoms with Crippen molar-refractivity contribution in [3.05, 3.63) is 42.6 Å². The van der Waals surface area contributed by atoms with Crippen molar-refractivity contribution in [1.82, 2.24) is 14.3 Å². The number of para-hydroxylation sites is 2. The minimum absolute atomic E-state index is 0.0418. The van der Waals surface area contributed by atoms with Gasteiger partial charge in [-0.1, -0.05) is 12.1 Å². The fourth-order valence-electron chi connectivity index (χ4n) is 4.35. The van der Waals surface area contributed by atoms with Crippen molar-refractivity contribution >= 4 is 28.3 Å². The third kappa shape index (κ3) is 2.94. The predicted octanol–water partition coefficient (Wildman–Crippen LogP) is 2.56. The van der Waals surface area contributed by atoms with Crippen LogP contribution in [0.15, 0.2) is 42.6 Å². The molecule has 5 rings (SSSR count). The second-order valence-electron chi connectivity index (χ2n) is 7.41. The zero-order chi connectivity index (χ0) is 18.2. The first-order valence-corrected chi connectivity index (χ1v) is 9.78. The van der Waals surface area contributed by atoms with Crippen LogP contribution in [0.1, 0.15) is 12.8 Å². The molecular weight excluding hydrogens is 340 g/mol. The molecule has 0 radical (unpaired) electrons. The normalized spacial score (nSPS) is 21.1. The highest BCUT2D eigenvalue weighted by Gasteiger charge is 2.31. The monoisotopic (exact) mass is 364 g/mol. The van der Waals surface area contributed by atoms with E-state index >= 15 is 0 Å². The van der Waals surface area contributed by atoms with Gasteiger partial charge in [-0.3, -0.25) is 4.79 Å². The number of hydrogen-bond donors (Lipinski definition) is 0. The van der Waals surface area contributed by atoms with Gasteiger partial charge in [0.25, 0.3) is 0 Å². The van der Waals surface area contributed by atoms with Crippen molar-refractivity contribution in [1.29, 1.82) is 0 Å². The average molecular weight is 364 g/mol. The van der Waals surface area contributed by atoms with Crippen LogP contribution in [-0.4, -0.2) is 59.6 Å². The fourth-order valence-corrected chi connectivity index (χ4v) is 4.35. The Labute approximate surface area is 158 Å². The molecule has 1 unspecified atom stereocenters.